The van der Waals surface area contributed by atoms with Crippen LogP contribution in [-0.2, 0) is 17.6 Å². The lowest BCUT2D eigenvalue weighted by Gasteiger charge is -2.42. The summed E-state index contributed by atoms with van der Waals surface area (Å²) in [7, 11) is 1.81. The maximum atomic E-state index is 5.88. The largest absolute Gasteiger partial charge is 0.377 e. The standard InChI is InChI=1S/C16H27N3O/c1-3-13-7-8-14(18-12-13)11-15(19-17)16(20-2)9-5-4-6-10-16/h7-8,12,15,19H,3-6,9-11,17H2,1-2H3. The van der Waals surface area contributed by atoms with Crippen LogP contribution in [0, 0.1) is 0 Å². The topological polar surface area (TPSA) is 60.2 Å². The molecule has 20 heavy (non-hydrogen) atoms. The zero-order chi connectivity index (χ0) is 14.4. The van der Waals surface area contributed by atoms with Gasteiger partial charge in [0.15, 0.2) is 0 Å². The van der Waals surface area contributed by atoms with Crippen molar-refractivity contribution >= 4 is 0 Å². The lowest BCUT2D eigenvalue weighted by Crippen LogP contribution is -2.56. The second-order valence-corrected chi connectivity index (χ2v) is 5.76. The van der Waals surface area contributed by atoms with Gasteiger partial charge >= 0.3 is 0 Å². The van der Waals surface area contributed by atoms with E-state index >= 15 is 0 Å². The summed E-state index contributed by atoms with van der Waals surface area (Å²) in [5.74, 6) is 5.81. The second-order valence-electron chi connectivity index (χ2n) is 5.76. The van der Waals surface area contributed by atoms with Crippen LogP contribution in [-0.4, -0.2) is 23.7 Å². The molecule has 4 nitrogen and oxygen atoms in total. The molecule has 3 N–H and O–H groups in total. The number of pyridine rings is 1. The van der Waals surface area contributed by atoms with Crippen LogP contribution < -0.4 is 11.3 Å². The molecule has 0 aromatic carbocycles. The molecule has 0 radical (unpaired) electrons. The first-order valence-electron chi connectivity index (χ1n) is 7.69. The van der Waals surface area contributed by atoms with E-state index in [2.05, 4.69) is 29.5 Å². The van der Waals surface area contributed by atoms with Gasteiger partial charge in [-0.2, -0.15) is 0 Å². The molecule has 1 aliphatic carbocycles. The van der Waals surface area contributed by atoms with Crippen LogP contribution in [0.25, 0.3) is 0 Å². The molecule has 1 fully saturated rings. The highest BCUT2D eigenvalue weighted by Crippen LogP contribution is 2.34. The van der Waals surface area contributed by atoms with E-state index < -0.39 is 0 Å². The molecule has 112 valence electrons. The number of hydrogen-bond acceptors (Lipinski definition) is 4. The predicted molar refractivity (Wildman–Crippen MR) is 81.3 cm³/mol. The molecule has 1 unspecified atom stereocenters. The van der Waals surface area contributed by atoms with E-state index in [9.17, 15) is 0 Å². The summed E-state index contributed by atoms with van der Waals surface area (Å²) in [5, 5.41) is 0. The van der Waals surface area contributed by atoms with Crippen molar-refractivity contribution in [1.29, 1.82) is 0 Å². The van der Waals surface area contributed by atoms with Crippen molar-refractivity contribution in [3.05, 3.63) is 29.6 Å². The molecule has 0 bridgehead atoms. The number of nitrogens with one attached hydrogen (secondary N) is 1. The van der Waals surface area contributed by atoms with E-state index in [4.69, 9.17) is 10.6 Å². The van der Waals surface area contributed by atoms with Gasteiger partial charge in [0.2, 0.25) is 0 Å². The minimum atomic E-state index is -0.141. The van der Waals surface area contributed by atoms with E-state index in [-0.39, 0.29) is 11.6 Å². The summed E-state index contributed by atoms with van der Waals surface area (Å²) in [6.07, 6.45) is 9.68. The summed E-state index contributed by atoms with van der Waals surface area (Å²) < 4.78 is 5.88. The number of hydrogen-bond donors (Lipinski definition) is 2. The van der Waals surface area contributed by atoms with E-state index in [1.807, 2.05) is 13.3 Å². The molecule has 0 amide bonds. The second kappa shape index (κ2) is 7.16. The third-order valence-corrected chi connectivity index (χ3v) is 4.65. The quantitative estimate of drug-likeness (QED) is 0.619. The highest BCUT2D eigenvalue weighted by atomic mass is 16.5. The van der Waals surface area contributed by atoms with Crippen molar-refractivity contribution in [2.45, 2.75) is 63.5 Å². The third-order valence-electron chi connectivity index (χ3n) is 4.65. The number of aryl methyl sites for hydroxylation is 1. The first-order chi connectivity index (χ1) is 9.74. The maximum absolute atomic E-state index is 5.88. The van der Waals surface area contributed by atoms with Crippen LogP contribution in [0.1, 0.15) is 50.3 Å². The average Bonchev–Trinajstić information content (AvgIpc) is 2.53. The summed E-state index contributed by atoms with van der Waals surface area (Å²) in [4.78, 5) is 4.55. The third kappa shape index (κ3) is 3.37. The van der Waals surface area contributed by atoms with Crippen molar-refractivity contribution in [2.75, 3.05) is 7.11 Å². The zero-order valence-corrected chi connectivity index (χ0v) is 12.7. The van der Waals surface area contributed by atoms with Crippen molar-refractivity contribution in [1.82, 2.24) is 10.4 Å². The van der Waals surface area contributed by atoms with Gasteiger partial charge in [-0.15, -0.1) is 0 Å². The normalized spacial score (nSPS) is 19.8. The molecule has 0 saturated heterocycles. The average molecular weight is 277 g/mol. The Hall–Kier alpha value is -0.970. The number of aromatic nitrogens is 1. The molecular formula is C16H27N3O. The van der Waals surface area contributed by atoms with Crippen LogP contribution in [0.2, 0.25) is 0 Å². The molecule has 0 aliphatic heterocycles. The Bertz CT molecular complexity index is 399. The van der Waals surface area contributed by atoms with Crippen LogP contribution in [0.3, 0.4) is 0 Å². The summed E-state index contributed by atoms with van der Waals surface area (Å²) in [6, 6.07) is 4.37. The first kappa shape index (κ1) is 15.4. The van der Waals surface area contributed by atoms with E-state index in [0.717, 1.165) is 31.4 Å². The van der Waals surface area contributed by atoms with Crippen molar-refractivity contribution in [3.63, 3.8) is 0 Å². The molecule has 2 rings (SSSR count). The molecule has 1 aliphatic rings. The lowest BCUT2D eigenvalue weighted by molar-refractivity contribution is -0.0675. The Morgan fingerprint density at radius 2 is 2.10 bits per heavy atom. The van der Waals surface area contributed by atoms with E-state index in [0.29, 0.717) is 0 Å². The van der Waals surface area contributed by atoms with Gasteiger partial charge in [0.05, 0.1) is 11.6 Å². The van der Waals surface area contributed by atoms with Crippen molar-refractivity contribution in [2.24, 2.45) is 5.84 Å². The van der Waals surface area contributed by atoms with Crippen LogP contribution in [0.5, 0.6) is 0 Å². The number of hydrazine groups is 1. The Morgan fingerprint density at radius 3 is 2.60 bits per heavy atom. The molecule has 1 atom stereocenters. The monoisotopic (exact) mass is 277 g/mol. The molecule has 1 aromatic rings. The molecule has 0 spiro atoms. The summed E-state index contributed by atoms with van der Waals surface area (Å²) in [5.41, 5.74) is 5.18. The molecule has 1 heterocycles. The number of nitrogens with two attached hydrogens (primary N) is 1. The number of methoxy groups -OCH3 is 1. The fourth-order valence-electron chi connectivity index (χ4n) is 3.24. The van der Waals surface area contributed by atoms with Gasteiger partial charge in [-0.3, -0.25) is 16.3 Å². The minimum absolute atomic E-state index is 0.118. The smallest absolute Gasteiger partial charge is 0.0848 e. The fourth-order valence-corrected chi connectivity index (χ4v) is 3.24. The van der Waals surface area contributed by atoms with Gasteiger partial charge in [-0.05, 0) is 30.9 Å². The van der Waals surface area contributed by atoms with Crippen LogP contribution in [0.15, 0.2) is 18.3 Å². The SMILES string of the molecule is CCc1ccc(CC(NN)C2(OC)CCCCC2)nc1. The summed E-state index contributed by atoms with van der Waals surface area (Å²) in [6.45, 7) is 2.14. The lowest BCUT2D eigenvalue weighted by atomic mass is 9.77. The van der Waals surface area contributed by atoms with Gasteiger partial charge in [0.1, 0.15) is 0 Å². The maximum Gasteiger partial charge on any atom is 0.0848 e. The minimum Gasteiger partial charge on any atom is -0.377 e. The van der Waals surface area contributed by atoms with Gasteiger partial charge in [-0.25, -0.2) is 0 Å². The predicted octanol–water partition coefficient (Wildman–Crippen LogP) is 2.37. The van der Waals surface area contributed by atoms with Gasteiger partial charge in [0.25, 0.3) is 0 Å². The number of ether oxygens (including phenoxy) is 1. The Labute approximate surface area is 122 Å². The van der Waals surface area contributed by atoms with Gasteiger partial charge in [-0.1, -0.05) is 32.3 Å². The number of rotatable bonds is 6. The van der Waals surface area contributed by atoms with Crippen LogP contribution in [0.4, 0.5) is 0 Å². The molecular weight excluding hydrogens is 250 g/mol. The highest BCUT2D eigenvalue weighted by molar-refractivity contribution is 5.15. The van der Waals surface area contributed by atoms with Gasteiger partial charge < -0.3 is 4.74 Å². The highest BCUT2D eigenvalue weighted by Gasteiger charge is 2.39. The van der Waals surface area contributed by atoms with Crippen molar-refractivity contribution in [3.8, 4) is 0 Å². The number of nitrogens with zero attached hydrogens (tertiary/aromatic N) is 1. The van der Waals surface area contributed by atoms with Crippen LogP contribution >= 0.6 is 0 Å². The Balaban J connectivity index is 2.09. The summed E-state index contributed by atoms with van der Waals surface area (Å²) >= 11 is 0. The Morgan fingerprint density at radius 1 is 1.35 bits per heavy atom. The van der Waals surface area contributed by atoms with Gasteiger partial charge in [0, 0.05) is 25.4 Å². The van der Waals surface area contributed by atoms with E-state index in [1.54, 1.807) is 0 Å². The Kier molecular flexibility index (Phi) is 5.52. The van der Waals surface area contributed by atoms with E-state index in [1.165, 1.54) is 24.8 Å². The zero-order valence-electron chi connectivity index (χ0n) is 12.7. The first-order valence-corrected chi connectivity index (χ1v) is 7.69. The fraction of sp³-hybridized carbons (Fsp3) is 0.688. The molecule has 4 heteroatoms. The molecule has 1 saturated carbocycles. The van der Waals surface area contributed by atoms with Crippen molar-refractivity contribution < 1.29 is 4.74 Å². The molecule has 1 aromatic heterocycles.